The van der Waals surface area contributed by atoms with Gasteiger partial charge in [-0.05, 0) is 68.3 Å². The van der Waals surface area contributed by atoms with Gasteiger partial charge in [-0.3, -0.25) is 13.9 Å². The van der Waals surface area contributed by atoms with E-state index in [1.807, 2.05) is 13.8 Å². The summed E-state index contributed by atoms with van der Waals surface area (Å²) in [5, 5.41) is 2.83. The molecule has 0 aromatic heterocycles. The second-order valence-electron chi connectivity index (χ2n) is 9.51. The van der Waals surface area contributed by atoms with E-state index in [0.717, 1.165) is 16.6 Å². The van der Waals surface area contributed by atoms with E-state index in [0.29, 0.717) is 22.4 Å². The molecular formula is C29H31BrF3N3O4S. The van der Waals surface area contributed by atoms with Gasteiger partial charge in [-0.15, -0.1) is 0 Å². The third kappa shape index (κ3) is 8.32. The highest BCUT2D eigenvalue weighted by atomic mass is 79.9. The zero-order valence-corrected chi connectivity index (χ0v) is 25.1. The number of nitrogens with zero attached hydrogens (tertiary/aromatic N) is 2. The first-order valence-corrected chi connectivity index (χ1v) is 15.1. The Bertz CT molecular complexity index is 1450. The maximum atomic E-state index is 13.9. The maximum absolute atomic E-state index is 13.9. The van der Waals surface area contributed by atoms with Crippen molar-refractivity contribution in [2.24, 2.45) is 0 Å². The molecule has 0 bridgehead atoms. The molecule has 0 aliphatic heterocycles. The fraction of sp³-hybridized carbons (Fsp3) is 0.310. The van der Waals surface area contributed by atoms with Crippen LogP contribution in [0.4, 0.5) is 18.9 Å². The van der Waals surface area contributed by atoms with Crippen LogP contribution in [0.25, 0.3) is 0 Å². The van der Waals surface area contributed by atoms with Gasteiger partial charge in [0.25, 0.3) is 10.0 Å². The Balaban J connectivity index is 2.07. The minimum atomic E-state index is -4.74. The quantitative estimate of drug-likeness (QED) is 0.275. The number of halogens is 4. The average Bonchev–Trinajstić information content (AvgIpc) is 2.95. The standard InChI is InChI=1S/C29H31BrF3N3O4S/c1-4-20(2)34-28(38)21(3)35(18-22-13-15-24(30)16-14-22)27(37)19-36(41(39,40)26-11-6-5-7-12-26)25-10-8-9-23(17-25)29(31,32)33/h5-17,20-21H,4,18-19H2,1-3H3,(H,34,38)/t20-,21-/m0/s1. The van der Waals surface area contributed by atoms with Crippen LogP contribution in [0, 0.1) is 0 Å². The molecule has 0 spiro atoms. The number of sulfonamides is 1. The van der Waals surface area contributed by atoms with Crippen molar-refractivity contribution in [3.8, 4) is 0 Å². The Labute approximate surface area is 246 Å². The zero-order valence-electron chi connectivity index (χ0n) is 22.7. The lowest BCUT2D eigenvalue weighted by atomic mass is 10.1. The van der Waals surface area contributed by atoms with E-state index in [1.165, 1.54) is 42.2 Å². The Kier molecular flexibility index (Phi) is 10.6. The van der Waals surface area contributed by atoms with Crippen LogP contribution in [0.15, 0.2) is 88.2 Å². The topological polar surface area (TPSA) is 86.8 Å². The molecule has 0 saturated heterocycles. The van der Waals surface area contributed by atoms with Crippen molar-refractivity contribution in [3.05, 3.63) is 94.5 Å². The van der Waals surface area contributed by atoms with E-state index < -0.39 is 46.2 Å². The molecule has 0 saturated carbocycles. The fourth-order valence-corrected chi connectivity index (χ4v) is 5.61. The van der Waals surface area contributed by atoms with Crippen LogP contribution in [0.2, 0.25) is 0 Å². The molecule has 0 unspecified atom stereocenters. The van der Waals surface area contributed by atoms with Gasteiger partial charge in [-0.1, -0.05) is 59.3 Å². The van der Waals surface area contributed by atoms with Crippen molar-refractivity contribution < 1.29 is 31.2 Å². The third-order valence-electron chi connectivity index (χ3n) is 6.51. The van der Waals surface area contributed by atoms with E-state index in [9.17, 15) is 31.2 Å². The summed E-state index contributed by atoms with van der Waals surface area (Å²) in [6.07, 6.45) is -4.09. The van der Waals surface area contributed by atoms with E-state index in [2.05, 4.69) is 21.2 Å². The van der Waals surface area contributed by atoms with Crippen molar-refractivity contribution in [1.82, 2.24) is 10.2 Å². The number of alkyl halides is 3. The Morgan fingerprint density at radius 2 is 1.59 bits per heavy atom. The number of carbonyl (C=O) groups is 2. The third-order valence-corrected chi connectivity index (χ3v) is 8.82. The molecular weight excluding hydrogens is 623 g/mol. The highest BCUT2D eigenvalue weighted by Crippen LogP contribution is 2.33. The minimum absolute atomic E-state index is 0.0387. The number of carbonyl (C=O) groups excluding carboxylic acids is 2. The predicted molar refractivity (Wildman–Crippen MR) is 154 cm³/mol. The highest BCUT2D eigenvalue weighted by Gasteiger charge is 2.35. The first-order chi connectivity index (χ1) is 19.2. The molecule has 3 aromatic carbocycles. The second kappa shape index (κ2) is 13.5. The molecule has 220 valence electrons. The van der Waals surface area contributed by atoms with Gasteiger partial charge >= 0.3 is 6.18 Å². The summed E-state index contributed by atoms with van der Waals surface area (Å²) >= 11 is 3.35. The number of benzene rings is 3. The van der Waals surface area contributed by atoms with Gasteiger partial charge in [0, 0.05) is 17.1 Å². The van der Waals surface area contributed by atoms with Crippen molar-refractivity contribution in [3.63, 3.8) is 0 Å². The van der Waals surface area contributed by atoms with Crippen LogP contribution in [-0.2, 0) is 32.3 Å². The van der Waals surface area contributed by atoms with E-state index in [1.54, 1.807) is 30.3 Å². The number of rotatable bonds is 11. The van der Waals surface area contributed by atoms with Gasteiger partial charge in [0.15, 0.2) is 0 Å². The summed E-state index contributed by atoms with van der Waals surface area (Å²) in [5.74, 6) is -1.21. The lowest BCUT2D eigenvalue weighted by Crippen LogP contribution is -2.52. The lowest BCUT2D eigenvalue weighted by Gasteiger charge is -2.32. The first kappa shape index (κ1) is 32.1. The molecule has 0 radical (unpaired) electrons. The van der Waals surface area contributed by atoms with Gasteiger partial charge in [0.2, 0.25) is 11.8 Å². The molecule has 3 rings (SSSR count). The van der Waals surface area contributed by atoms with Gasteiger partial charge in [-0.2, -0.15) is 13.2 Å². The summed E-state index contributed by atoms with van der Waals surface area (Å²) in [6, 6.07) is 16.7. The number of anilines is 1. The fourth-order valence-electron chi connectivity index (χ4n) is 3.92. The molecule has 1 N–H and O–H groups in total. The minimum Gasteiger partial charge on any atom is -0.352 e. The molecule has 2 atom stereocenters. The van der Waals surface area contributed by atoms with E-state index in [4.69, 9.17) is 0 Å². The van der Waals surface area contributed by atoms with Crippen LogP contribution in [0.1, 0.15) is 38.3 Å². The van der Waals surface area contributed by atoms with Crippen LogP contribution in [-0.4, -0.2) is 43.8 Å². The highest BCUT2D eigenvalue weighted by molar-refractivity contribution is 9.10. The Morgan fingerprint density at radius 3 is 2.17 bits per heavy atom. The summed E-state index contributed by atoms with van der Waals surface area (Å²) in [7, 11) is -4.48. The van der Waals surface area contributed by atoms with Crippen LogP contribution < -0.4 is 9.62 Å². The molecule has 3 aromatic rings. The van der Waals surface area contributed by atoms with Crippen LogP contribution in [0.5, 0.6) is 0 Å². The molecule has 0 aliphatic carbocycles. The normalized spacial score (nSPS) is 13.2. The van der Waals surface area contributed by atoms with Gasteiger partial charge in [-0.25, -0.2) is 8.42 Å². The summed E-state index contributed by atoms with van der Waals surface area (Å²) in [4.78, 5) is 28.0. The van der Waals surface area contributed by atoms with Gasteiger partial charge in [0.1, 0.15) is 12.6 Å². The van der Waals surface area contributed by atoms with Crippen molar-refractivity contribution in [2.45, 2.75) is 56.9 Å². The summed E-state index contributed by atoms with van der Waals surface area (Å²) in [5.41, 5.74) is -0.734. The zero-order chi connectivity index (χ0) is 30.4. The molecule has 2 amide bonds. The van der Waals surface area contributed by atoms with Crippen LogP contribution >= 0.6 is 15.9 Å². The van der Waals surface area contributed by atoms with Crippen molar-refractivity contribution >= 4 is 43.5 Å². The average molecular weight is 655 g/mol. The number of hydrogen-bond donors (Lipinski definition) is 1. The Morgan fingerprint density at radius 1 is 0.951 bits per heavy atom. The summed E-state index contributed by atoms with van der Waals surface area (Å²) in [6.45, 7) is 4.35. The Hall–Kier alpha value is -3.38. The van der Waals surface area contributed by atoms with E-state index in [-0.39, 0.29) is 23.2 Å². The first-order valence-electron chi connectivity index (χ1n) is 12.8. The number of nitrogens with one attached hydrogen (secondary N) is 1. The molecule has 0 heterocycles. The number of hydrogen-bond acceptors (Lipinski definition) is 4. The molecule has 7 nitrogen and oxygen atoms in total. The van der Waals surface area contributed by atoms with Gasteiger partial charge < -0.3 is 10.2 Å². The summed E-state index contributed by atoms with van der Waals surface area (Å²) < 4.78 is 69.5. The van der Waals surface area contributed by atoms with Crippen molar-refractivity contribution in [1.29, 1.82) is 0 Å². The molecule has 0 aliphatic rings. The van der Waals surface area contributed by atoms with Crippen molar-refractivity contribution in [2.75, 3.05) is 10.8 Å². The second-order valence-corrected chi connectivity index (χ2v) is 12.3. The SMILES string of the molecule is CC[C@H](C)NC(=O)[C@H](C)N(Cc1ccc(Br)cc1)C(=O)CN(c1cccc(C(F)(F)F)c1)S(=O)(=O)c1ccccc1. The molecule has 0 fully saturated rings. The number of amides is 2. The van der Waals surface area contributed by atoms with Crippen LogP contribution in [0.3, 0.4) is 0 Å². The lowest BCUT2D eigenvalue weighted by molar-refractivity contribution is -0.139. The predicted octanol–water partition coefficient (Wildman–Crippen LogP) is 6.00. The smallest absolute Gasteiger partial charge is 0.352 e. The largest absolute Gasteiger partial charge is 0.416 e. The molecule has 41 heavy (non-hydrogen) atoms. The van der Waals surface area contributed by atoms with Gasteiger partial charge in [0.05, 0.1) is 16.1 Å². The van der Waals surface area contributed by atoms with E-state index >= 15 is 0 Å². The monoisotopic (exact) mass is 653 g/mol. The molecule has 12 heteroatoms. The maximum Gasteiger partial charge on any atom is 0.416 e.